The van der Waals surface area contributed by atoms with E-state index in [1.54, 1.807) is 18.2 Å². The number of rotatable bonds is 10. The van der Waals surface area contributed by atoms with E-state index >= 15 is 0 Å². The zero-order valence-corrected chi connectivity index (χ0v) is 17.7. The molecule has 0 rings (SSSR count). The van der Waals surface area contributed by atoms with Crippen LogP contribution in [0.2, 0.25) is 0 Å². The minimum Gasteiger partial charge on any atom is -0.196 e. The molecule has 121 valence electrons. The van der Waals surface area contributed by atoms with E-state index in [2.05, 4.69) is 26.0 Å². The second-order valence-corrected chi connectivity index (χ2v) is 8.26. The van der Waals surface area contributed by atoms with E-state index in [1.807, 2.05) is 0 Å². The van der Waals surface area contributed by atoms with Crippen LogP contribution in [0.15, 0.2) is 0 Å². The van der Waals surface area contributed by atoms with Gasteiger partial charge < -0.3 is 0 Å². The van der Waals surface area contributed by atoms with Gasteiger partial charge in [-0.1, -0.05) is 34.6 Å². The van der Waals surface area contributed by atoms with Crippen LogP contribution < -0.4 is 0 Å². The molecular formula is C17H22N5NaP. The van der Waals surface area contributed by atoms with E-state index in [1.165, 1.54) is 0 Å². The van der Waals surface area contributed by atoms with Crippen LogP contribution in [0.5, 0.6) is 0 Å². The molecule has 0 aromatic carbocycles. The second-order valence-electron chi connectivity index (χ2n) is 5.52. The molecule has 0 saturated carbocycles. The van der Waals surface area contributed by atoms with Gasteiger partial charge >= 0.3 is 0 Å². The Balaban J connectivity index is 0. The summed E-state index contributed by atoms with van der Waals surface area (Å²) in [4.78, 5) is 0. The Morgan fingerprint density at radius 1 is 0.708 bits per heavy atom. The molecular weight excluding hydrogens is 328 g/mol. The summed E-state index contributed by atoms with van der Waals surface area (Å²) in [6.45, 7) is 4.14. The van der Waals surface area contributed by atoms with Crippen molar-refractivity contribution >= 4 is 37.5 Å². The van der Waals surface area contributed by atoms with E-state index in [-0.39, 0.29) is 42.4 Å². The first-order valence-corrected chi connectivity index (χ1v) is 9.56. The van der Waals surface area contributed by atoms with Gasteiger partial charge in [0.15, 0.2) is 5.16 Å². The maximum absolute atomic E-state index is 9.66. The SMILES string of the molecule is CCCCP(CCCC)C(C#N)(C#N)CCC(C#N)(C#N)C#N.[Na]. The number of hydrogen-bond acceptors (Lipinski definition) is 5. The third-order valence-electron chi connectivity index (χ3n) is 3.91. The molecule has 0 spiro atoms. The van der Waals surface area contributed by atoms with E-state index < -0.39 is 18.5 Å². The van der Waals surface area contributed by atoms with Crippen LogP contribution in [0.1, 0.15) is 52.4 Å². The fourth-order valence-corrected chi connectivity index (χ4v) is 5.33. The average molecular weight is 350 g/mol. The van der Waals surface area contributed by atoms with Gasteiger partial charge in [0.05, 0.1) is 12.1 Å². The minimum atomic E-state index is -1.77. The van der Waals surface area contributed by atoms with Gasteiger partial charge in [-0.05, 0) is 38.0 Å². The van der Waals surface area contributed by atoms with Gasteiger partial charge in [-0.3, -0.25) is 0 Å². The molecule has 0 aliphatic rings. The first-order valence-electron chi connectivity index (χ1n) is 7.85. The second kappa shape index (κ2) is 13.2. The molecule has 0 fully saturated rings. The quantitative estimate of drug-likeness (QED) is 0.438. The van der Waals surface area contributed by atoms with Crippen LogP contribution in [-0.4, -0.2) is 47.0 Å². The first kappa shape index (κ1) is 25.1. The summed E-state index contributed by atoms with van der Waals surface area (Å²) >= 11 is 0. The zero-order valence-electron chi connectivity index (χ0n) is 14.8. The summed E-state index contributed by atoms with van der Waals surface area (Å²) in [5.74, 6) is 0. The minimum absolute atomic E-state index is 0. The van der Waals surface area contributed by atoms with Gasteiger partial charge in [0.25, 0.3) is 0 Å². The Kier molecular flexibility index (Phi) is 13.8. The van der Waals surface area contributed by atoms with Crippen LogP contribution in [0.4, 0.5) is 0 Å². The molecule has 0 aromatic heterocycles. The topological polar surface area (TPSA) is 119 Å². The largest absolute Gasteiger partial charge is 0.228 e. The smallest absolute Gasteiger partial charge is 0.196 e. The first-order chi connectivity index (χ1) is 11.0. The molecule has 1 radical (unpaired) electrons. The molecule has 24 heavy (non-hydrogen) atoms. The number of nitrogens with zero attached hydrogens (tertiary/aromatic N) is 5. The molecule has 7 heteroatoms. The molecule has 0 aliphatic carbocycles. The summed E-state index contributed by atoms with van der Waals surface area (Å²) in [5, 5.41) is 45.4. The van der Waals surface area contributed by atoms with E-state index in [9.17, 15) is 10.5 Å². The van der Waals surface area contributed by atoms with Gasteiger partial charge in [-0.2, -0.15) is 26.3 Å². The number of hydrogen-bond donors (Lipinski definition) is 0. The molecule has 5 nitrogen and oxygen atoms in total. The van der Waals surface area contributed by atoms with Crippen molar-refractivity contribution in [3.63, 3.8) is 0 Å². The third kappa shape index (κ3) is 6.78. The van der Waals surface area contributed by atoms with Gasteiger partial charge in [0, 0.05) is 29.6 Å². The molecule has 0 aromatic rings. The maximum atomic E-state index is 9.66. The predicted octanol–water partition coefficient (Wildman–Crippen LogP) is 3.81. The fraction of sp³-hybridized carbons (Fsp3) is 0.706. The van der Waals surface area contributed by atoms with Crippen molar-refractivity contribution in [1.29, 1.82) is 26.3 Å². The van der Waals surface area contributed by atoms with E-state index in [4.69, 9.17) is 15.8 Å². The van der Waals surface area contributed by atoms with E-state index in [0.717, 1.165) is 38.0 Å². The van der Waals surface area contributed by atoms with Crippen molar-refractivity contribution in [3.8, 4) is 30.3 Å². The predicted molar refractivity (Wildman–Crippen MR) is 94.7 cm³/mol. The summed E-state index contributed by atoms with van der Waals surface area (Å²) < 4.78 is 0. The van der Waals surface area contributed by atoms with Crippen molar-refractivity contribution in [2.45, 2.75) is 57.5 Å². The van der Waals surface area contributed by atoms with Crippen LogP contribution in [0.3, 0.4) is 0 Å². The molecule has 0 bridgehead atoms. The Morgan fingerprint density at radius 2 is 1.12 bits per heavy atom. The summed E-state index contributed by atoms with van der Waals surface area (Å²) in [7, 11) is -0.839. The van der Waals surface area contributed by atoms with Crippen molar-refractivity contribution in [2.24, 2.45) is 5.41 Å². The van der Waals surface area contributed by atoms with Crippen LogP contribution in [0.25, 0.3) is 0 Å². The van der Waals surface area contributed by atoms with Crippen LogP contribution in [0, 0.1) is 62.1 Å². The Labute approximate surface area is 168 Å². The molecule has 0 amide bonds. The van der Waals surface area contributed by atoms with Gasteiger partial charge in [-0.15, -0.1) is 0 Å². The Bertz CT molecular complexity index is 527. The number of unbranched alkanes of at least 4 members (excludes halogenated alkanes) is 2. The number of nitriles is 5. The van der Waals surface area contributed by atoms with Gasteiger partial charge in [-0.25, -0.2) is 0 Å². The van der Waals surface area contributed by atoms with Crippen LogP contribution in [-0.2, 0) is 0 Å². The average Bonchev–Trinajstić information content (AvgIpc) is 2.61. The standard InChI is InChI=1S/C17H22N5P.Na/c1-3-5-9-23(10-6-4-2)17(14-21,15-22)8-7-16(11-18,12-19)13-20;/h3-10H2,1-2H3;. The normalized spacial score (nSPS) is 10.4. The van der Waals surface area contributed by atoms with Gasteiger partial charge in [0.1, 0.15) is 18.2 Å². The zero-order chi connectivity index (χ0) is 17.8. The molecule has 0 saturated heterocycles. The summed E-state index contributed by atoms with van der Waals surface area (Å²) in [6.07, 6.45) is 5.63. The van der Waals surface area contributed by atoms with Crippen molar-refractivity contribution in [1.82, 2.24) is 0 Å². The fourth-order valence-electron chi connectivity index (χ4n) is 2.24. The molecule has 0 unspecified atom stereocenters. The molecule has 0 atom stereocenters. The summed E-state index contributed by atoms with van der Waals surface area (Å²) in [6, 6.07) is 9.52. The van der Waals surface area contributed by atoms with Crippen molar-refractivity contribution in [3.05, 3.63) is 0 Å². The molecule has 0 heterocycles. The Morgan fingerprint density at radius 3 is 1.42 bits per heavy atom. The van der Waals surface area contributed by atoms with E-state index in [0.29, 0.717) is 0 Å². The molecule has 0 N–H and O–H groups in total. The van der Waals surface area contributed by atoms with Crippen LogP contribution >= 0.6 is 7.92 Å². The summed E-state index contributed by atoms with van der Waals surface area (Å²) in [5.41, 5.74) is -1.77. The Hall–Kier alpha value is -1.12. The monoisotopic (exact) mass is 350 g/mol. The van der Waals surface area contributed by atoms with Crippen molar-refractivity contribution < 1.29 is 0 Å². The van der Waals surface area contributed by atoms with Gasteiger partial charge in [0.2, 0.25) is 5.41 Å². The molecule has 0 aliphatic heterocycles. The van der Waals surface area contributed by atoms with Crippen molar-refractivity contribution in [2.75, 3.05) is 12.3 Å². The third-order valence-corrected chi connectivity index (χ3v) is 7.12. The maximum Gasteiger partial charge on any atom is 0.228 e.